The summed E-state index contributed by atoms with van der Waals surface area (Å²) in [7, 11) is -4.03. The van der Waals surface area contributed by atoms with E-state index in [4.69, 9.17) is 33.7 Å². The van der Waals surface area contributed by atoms with Crippen LogP contribution in [0.2, 0.25) is 10.0 Å². The molecule has 0 bridgehead atoms. The molecule has 2 fully saturated rings. The molecule has 0 spiro atoms. The Hall–Kier alpha value is -2.80. The Balaban J connectivity index is 1.74. The van der Waals surface area contributed by atoms with E-state index in [1.54, 1.807) is 30.3 Å². The number of benzene rings is 2. The van der Waals surface area contributed by atoms with Crippen molar-refractivity contribution in [2.45, 2.75) is 29.4 Å². The zero-order chi connectivity index (χ0) is 25.6. The highest BCUT2D eigenvalue weighted by Crippen LogP contribution is 2.68. The van der Waals surface area contributed by atoms with Crippen LogP contribution in [-0.2, 0) is 19.4 Å². The van der Waals surface area contributed by atoms with Gasteiger partial charge in [-0.25, -0.2) is 8.42 Å². The Labute approximate surface area is 212 Å². The Morgan fingerprint density at radius 1 is 1.14 bits per heavy atom. The van der Waals surface area contributed by atoms with Gasteiger partial charge in [0.2, 0.25) is 5.91 Å². The molecule has 8 nitrogen and oxygen atoms in total. The van der Waals surface area contributed by atoms with Gasteiger partial charge in [0, 0.05) is 16.9 Å². The molecule has 4 rings (SSSR count). The number of aliphatic carboxylic acids is 1. The van der Waals surface area contributed by atoms with Crippen LogP contribution in [0.15, 0.2) is 53.4 Å². The monoisotopic (exact) mass is 536 g/mol. The van der Waals surface area contributed by atoms with Gasteiger partial charge in [-0.15, -0.1) is 0 Å². The van der Waals surface area contributed by atoms with E-state index in [0.717, 1.165) is 0 Å². The van der Waals surface area contributed by atoms with Gasteiger partial charge in [-0.1, -0.05) is 35.3 Å². The number of sulfone groups is 1. The summed E-state index contributed by atoms with van der Waals surface area (Å²) in [6, 6.07) is 14.3. The Morgan fingerprint density at radius 2 is 1.80 bits per heavy atom. The summed E-state index contributed by atoms with van der Waals surface area (Å²) in [5.74, 6) is -3.55. The highest BCUT2D eigenvalue weighted by molar-refractivity contribution is 7.92. The number of primary amides is 1. The van der Waals surface area contributed by atoms with Gasteiger partial charge in [0.15, 0.2) is 9.84 Å². The number of hydrogen-bond acceptors (Lipinski definition) is 6. The molecule has 2 aliphatic rings. The fourth-order valence-electron chi connectivity index (χ4n) is 5.36. The van der Waals surface area contributed by atoms with Gasteiger partial charge in [0.05, 0.1) is 33.3 Å². The molecule has 3 N–H and O–H groups in total. The minimum Gasteiger partial charge on any atom is -0.493 e. The average molecular weight is 537 g/mol. The molecule has 0 aromatic heterocycles. The van der Waals surface area contributed by atoms with Gasteiger partial charge >= 0.3 is 5.97 Å². The molecule has 0 heterocycles. The van der Waals surface area contributed by atoms with Crippen LogP contribution in [0.4, 0.5) is 0 Å². The Morgan fingerprint density at radius 3 is 2.34 bits per heavy atom. The number of carboxylic acids is 1. The smallest absolute Gasteiger partial charge is 0.310 e. The van der Waals surface area contributed by atoms with Crippen LogP contribution in [0, 0.1) is 34.0 Å². The summed E-state index contributed by atoms with van der Waals surface area (Å²) in [4.78, 5) is 24.9. The van der Waals surface area contributed by atoms with Crippen LogP contribution in [0.25, 0.3) is 0 Å². The van der Waals surface area contributed by atoms with Crippen molar-refractivity contribution in [3.05, 3.63) is 58.6 Å². The number of nitriles is 1. The molecule has 35 heavy (non-hydrogen) atoms. The van der Waals surface area contributed by atoms with Crippen LogP contribution >= 0.6 is 23.2 Å². The Bertz CT molecular complexity index is 1330. The second kappa shape index (κ2) is 9.01. The molecule has 1 amide bonds. The predicted octanol–water partition coefficient (Wildman–Crippen LogP) is 3.71. The maximum Gasteiger partial charge on any atom is 0.310 e. The van der Waals surface area contributed by atoms with Crippen molar-refractivity contribution >= 4 is 44.9 Å². The SMILES string of the molecule is N#CC1(C(N)=O)CC1[C@]1(C(=O)O)CC(S(=O)(=O)c2ccccc2Cl)C[C@H]1COc1ccc(Cl)cc1. The lowest BCUT2D eigenvalue weighted by Gasteiger charge is -2.32. The summed E-state index contributed by atoms with van der Waals surface area (Å²) in [6.45, 7) is -0.140. The molecule has 0 radical (unpaired) electrons. The number of carboxylic acid groups (broad SMARTS) is 1. The maximum atomic E-state index is 13.5. The molecular weight excluding hydrogens is 515 g/mol. The van der Waals surface area contributed by atoms with Crippen LogP contribution in [-0.4, -0.2) is 37.3 Å². The van der Waals surface area contributed by atoms with Crippen LogP contribution < -0.4 is 10.5 Å². The zero-order valence-electron chi connectivity index (χ0n) is 18.4. The lowest BCUT2D eigenvalue weighted by Crippen LogP contribution is -2.43. The fourth-order valence-corrected chi connectivity index (χ4v) is 7.90. The van der Waals surface area contributed by atoms with E-state index in [1.807, 2.05) is 6.07 Å². The lowest BCUT2D eigenvalue weighted by atomic mass is 9.71. The molecule has 2 saturated carbocycles. The van der Waals surface area contributed by atoms with Crippen LogP contribution in [0.5, 0.6) is 5.75 Å². The normalized spacial score (nSPS) is 29.8. The van der Waals surface area contributed by atoms with E-state index in [1.165, 1.54) is 18.2 Å². The van der Waals surface area contributed by atoms with Crippen LogP contribution in [0.3, 0.4) is 0 Å². The average Bonchev–Trinajstić information content (AvgIpc) is 3.45. The molecule has 5 atom stereocenters. The molecule has 184 valence electrons. The number of carbonyl (C=O) groups is 2. The van der Waals surface area contributed by atoms with Crippen molar-refractivity contribution in [3.63, 3.8) is 0 Å². The van der Waals surface area contributed by atoms with Gasteiger partial charge in [0.25, 0.3) is 0 Å². The van der Waals surface area contributed by atoms with Gasteiger partial charge in [0.1, 0.15) is 11.2 Å². The third-order valence-corrected chi connectivity index (χ3v) is 10.2. The van der Waals surface area contributed by atoms with Crippen molar-refractivity contribution in [2.75, 3.05) is 6.61 Å². The number of halogens is 2. The van der Waals surface area contributed by atoms with Crippen molar-refractivity contribution in [1.82, 2.24) is 0 Å². The lowest BCUT2D eigenvalue weighted by molar-refractivity contribution is -0.154. The van der Waals surface area contributed by atoms with Gasteiger partial charge in [-0.2, -0.15) is 5.26 Å². The molecule has 2 aliphatic carbocycles. The molecule has 3 unspecified atom stereocenters. The van der Waals surface area contributed by atoms with E-state index in [0.29, 0.717) is 10.8 Å². The fraction of sp³-hybridized carbons (Fsp3) is 0.375. The highest BCUT2D eigenvalue weighted by Gasteiger charge is 2.74. The minimum absolute atomic E-state index is 0.0317. The van der Waals surface area contributed by atoms with E-state index in [2.05, 4.69) is 0 Å². The predicted molar refractivity (Wildman–Crippen MR) is 128 cm³/mol. The number of rotatable bonds is 8. The van der Waals surface area contributed by atoms with Gasteiger partial charge in [-0.3, -0.25) is 9.59 Å². The standard InChI is InChI=1S/C24H22Cl2N2O6S/c25-15-5-7-16(8-6-15)34-12-14-9-17(35(32,33)19-4-2-1-3-18(19)26)10-24(14,22(30)31)20-11-23(20,13-27)21(28)29/h1-8,14,17,20H,9-12H2,(H2,28,29)(H,30,31)/t14-,17?,20?,23?,24-/m0/s1. The van der Waals surface area contributed by atoms with Crippen molar-refractivity contribution in [3.8, 4) is 11.8 Å². The van der Waals surface area contributed by atoms with E-state index < -0.39 is 49.6 Å². The first kappa shape index (κ1) is 25.3. The van der Waals surface area contributed by atoms with Crippen molar-refractivity contribution in [2.24, 2.45) is 28.4 Å². The number of ether oxygens (including phenoxy) is 1. The third-order valence-electron chi connectivity index (χ3n) is 7.31. The highest BCUT2D eigenvalue weighted by atomic mass is 35.5. The first-order chi connectivity index (χ1) is 16.5. The number of hydrogen-bond donors (Lipinski definition) is 2. The number of amides is 1. The zero-order valence-corrected chi connectivity index (χ0v) is 20.7. The summed E-state index contributed by atoms with van der Waals surface area (Å²) in [5.41, 5.74) is 2.10. The first-order valence-electron chi connectivity index (χ1n) is 10.8. The molecular formula is C24H22Cl2N2O6S. The quantitative estimate of drug-likeness (QED) is 0.522. The van der Waals surface area contributed by atoms with E-state index in [-0.39, 0.29) is 35.8 Å². The Kier molecular flexibility index (Phi) is 6.51. The summed E-state index contributed by atoms with van der Waals surface area (Å²) in [6.07, 6.45) is -0.405. The summed E-state index contributed by atoms with van der Waals surface area (Å²) < 4.78 is 32.9. The maximum absolute atomic E-state index is 13.5. The molecule has 11 heteroatoms. The van der Waals surface area contributed by atoms with E-state index >= 15 is 0 Å². The van der Waals surface area contributed by atoms with Crippen molar-refractivity contribution < 1.29 is 27.9 Å². The summed E-state index contributed by atoms with van der Waals surface area (Å²) >= 11 is 12.1. The summed E-state index contributed by atoms with van der Waals surface area (Å²) in [5, 5.41) is 19.5. The second-order valence-electron chi connectivity index (χ2n) is 9.05. The molecule has 2 aromatic carbocycles. The van der Waals surface area contributed by atoms with Gasteiger partial charge in [-0.05, 0) is 55.7 Å². The molecule has 0 aliphatic heterocycles. The number of carbonyl (C=O) groups excluding carboxylic acids is 1. The van der Waals surface area contributed by atoms with Crippen molar-refractivity contribution in [1.29, 1.82) is 5.26 Å². The largest absolute Gasteiger partial charge is 0.493 e. The molecule has 2 aromatic rings. The minimum atomic E-state index is -4.03. The third kappa shape index (κ3) is 4.14. The number of nitrogens with zero attached hydrogens (tertiary/aromatic N) is 1. The molecule has 0 saturated heterocycles. The first-order valence-corrected chi connectivity index (χ1v) is 13.1. The van der Waals surface area contributed by atoms with E-state index in [9.17, 15) is 28.4 Å². The van der Waals surface area contributed by atoms with Crippen LogP contribution in [0.1, 0.15) is 19.3 Å². The topological polar surface area (TPSA) is 148 Å². The second-order valence-corrected chi connectivity index (χ2v) is 12.1. The number of nitrogens with two attached hydrogens (primary N) is 1. The van der Waals surface area contributed by atoms with Gasteiger partial charge < -0.3 is 15.6 Å².